The predicted molar refractivity (Wildman–Crippen MR) is 104 cm³/mol. The highest BCUT2D eigenvalue weighted by Crippen LogP contribution is 2.33. The second-order valence-electron chi connectivity index (χ2n) is 5.89. The second kappa shape index (κ2) is 7.34. The number of thioether (sulfide) groups is 1. The van der Waals surface area contributed by atoms with Gasteiger partial charge in [0.15, 0.2) is 0 Å². The van der Waals surface area contributed by atoms with Crippen molar-refractivity contribution in [3.8, 4) is 0 Å². The van der Waals surface area contributed by atoms with Gasteiger partial charge >= 0.3 is 0 Å². The lowest BCUT2D eigenvalue weighted by Crippen LogP contribution is -2.22. The molecular weight excluding hydrogens is 340 g/mol. The number of aromatic nitrogens is 1. The average Bonchev–Trinajstić information content (AvgIpc) is 3.31. The first-order valence-electron chi connectivity index (χ1n) is 8.06. The molecule has 120 valence electrons. The van der Waals surface area contributed by atoms with Crippen LogP contribution in [0.25, 0.3) is 10.1 Å². The highest BCUT2D eigenvalue weighted by atomic mass is 32.2. The molecule has 0 bridgehead atoms. The molecule has 2 aromatic heterocycles. The molecular formula is C18H20N2S3. The summed E-state index contributed by atoms with van der Waals surface area (Å²) in [6.07, 6.45) is 3.35. The van der Waals surface area contributed by atoms with Gasteiger partial charge in [0.25, 0.3) is 0 Å². The molecule has 1 aliphatic heterocycles. The first kappa shape index (κ1) is 15.6. The van der Waals surface area contributed by atoms with Crippen LogP contribution >= 0.6 is 34.4 Å². The third kappa shape index (κ3) is 3.63. The quantitative estimate of drug-likeness (QED) is 0.634. The Bertz CT molecular complexity index is 758. The van der Waals surface area contributed by atoms with Crippen molar-refractivity contribution in [2.75, 3.05) is 24.7 Å². The number of thiazole rings is 1. The van der Waals surface area contributed by atoms with E-state index in [9.17, 15) is 0 Å². The Morgan fingerprint density at radius 3 is 2.91 bits per heavy atom. The fourth-order valence-electron chi connectivity index (χ4n) is 3.13. The van der Waals surface area contributed by atoms with Crippen molar-refractivity contribution in [1.82, 2.24) is 9.88 Å². The van der Waals surface area contributed by atoms with Gasteiger partial charge in [0.2, 0.25) is 0 Å². The second-order valence-corrected chi connectivity index (χ2v) is 8.82. The molecule has 1 aliphatic rings. The van der Waals surface area contributed by atoms with E-state index in [1.54, 1.807) is 21.8 Å². The standard InChI is InChI=1S/C18H20N2S3/c1-2-4-17-15(3-1)16(6-5-14-11-22-12-19-14)18(23-17)7-8-20-9-10-21-13-20/h1-4,11-12H,5-10,13H2. The van der Waals surface area contributed by atoms with Crippen molar-refractivity contribution < 1.29 is 0 Å². The van der Waals surface area contributed by atoms with Gasteiger partial charge in [-0.2, -0.15) is 0 Å². The normalized spacial score (nSPS) is 15.7. The van der Waals surface area contributed by atoms with Gasteiger partial charge in [0, 0.05) is 39.7 Å². The SMILES string of the molecule is c1ccc2c(CCc3cscn3)c(CCN3CCSC3)sc2c1. The highest BCUT2D eigenvalue weighted by Gasteiger charge is 2.16. The van der Waals surface area contributed by atoms with Crippen LogP contribution < -0.4 is 0 Å². The molecule has 1 fully saturated rings. The lowest BCUT2D eigenvalue weighted by Gasteiger charge is -2.13. The Kier molecular flexibility index (Phi) is 4.99. The van der Waals surface area contributed by atoms with Crippen LogP contribution in [0.5, 0.6) is 0 Å². The number of aryl methyl sites for hydroxylation is 2. The van der Waals surface area contributed by atoms with Crippen LogP contribution in [0.1, 0.15) is 16.1 Å². The van der Waals surface area contributed by atoms with Gasteiger partial charge in [-0.15, -0.1) is 34.4 Å². The van der Waals surface area contributed by atoms with Crippen LogP contribution in [0.2, 0.25) is 0 Å². The molecule has 0 N–H and O–H groups in total. The zero-order valence-electron chi connectivity index (χ0n) is 13.0. The van der Waals surface area contributed by atoms with Gasteiger partial charge in [-0.3, -0.25) is 4.90 Å². The molecule has 3 aromatic rings. The number of thiophene rings is 1. The van der Waals surface area contributed by atoms with E-state index in [0.29, 0.717) is 0 Å². The van der Waals surface area contributed by atoms with Crippen LogP contribution in [0, 0.1) is 0 Å². The monoisotopic (exact) mass is 360 g/mol. The number of hydrogen-bond acceptors (Lipinski definition) is 5. The Labute approximate surface area is 149 Å². The molecule has 4 rings (SSSR count). The third-order valence-corrected chi connectivity index (χ3v) is 7.30. The molecule has 23 heavy (non-hydrogen) atoms. The van der Waals surface area contributed by atoms with Crippen LogP contribution in [-0.2, 0) is 19.3 Å². The summed E-state index contributed by atoms with van der Waals surface area (Å²) >= 11 is 5.74. The summed E-state index contributed by atoms with van der Waals surface area (Å²) in [4.78, 5) is 8.61. The van der Waals surface area contributed by atoms with Crippen molar-refractivity contribution in [3.63, 3.8) is 0 Å². The summed E-state index contributed by atoms with van der Waals surface area (Å²) in [7, 11) is 0. The Morgan fingerprint density at radius 1 is 1.13 bits per heavy atom. The van der Waals surface area contributed by atoms with E-state index in [-0.39, 0.29) is 0 Å². The first-order chi connectivity index (χ1) is 11.4. The van der Waals surface area contributed by atoms with Gasteiger partial charge in [0.1, 0.15) is 0 Å². The van der Waals surface area contributed by atoms with Crippen molar-refractivity contribution in [1.29, 1.82) is 0 Å². The van der Waals surface area contributed by atoms with E-state index in [2.05, 4.69) is 51.3 Å². The van der Waals surface area contributed by atoms with E-state index < -0.39 is 0 Å². The van der Waals surface area contributed by atoms with E-state index in [1.807, 2.05) is 16.8 Å². The lowest BCUT2D eigenvalue weighted by atomic mass is 10.0. The van der Waals surface area contributed by atoms with E-state index in [4.69, 9.17) is 0 Å². The number of benzene rings is 1. The van der Waals surface area contributed by atoms with Gasteiger partial charge in [-0.1, -0.05) is 18.2 Å². The molecule has 0 aliphatic carbocycles. The summed E-state index contributed by atoms with van der Waals surface area (Å²) in [6, 6.07) is 8.88. The Balaban J connectivity index is 1.55. The summed E-state index contributed by atoms with van der Waals surface area (Å²) in [6.45, 7) is 2.45. The maximum absolute atomic E-state index is 4.45. The molecule has 0 unspecified atom stereocenters. The molecule has 2 nitrogen and oxygen atoms in total. The van der Waals surface area contributed by atoms with Gasteiger partial charge in [0.05, 0.1) is 11.2 Å². The maximum Gasteiger partial charge on any atom is 0.0794 e. The number of hydrogen-bond donors (Lipinski definition) is 0. The van der Waals surface area contributed by atoms with E-state index >= 15 is 0 Å². The molecule has 0 atom stereocenters. The van der Waals surface area contributed by atoms with Gasteiger partial charge in [-0.25, -0.2) is 4.98 Å². The molecule has 3 heterocycles. The molecule has 0 spiro atoms. The van der Waals surface area contributed by atoms with E-state index in [1.165, 1.54) is 46.9 Å². The Hall–Kier alpha value is -0.880. The summed E-state index contributed by atoms with van der Waals surface area (Å²) in [5.41, 5.74) is 4.73. The van der Waals surface area contributed by atoms with Gasteiger partial charge in [-0.05, 0) is 36.3 Å². The van der Waals surface area contributed by atoms with E-state index in [0.717, 1.165) is 12.8 Å². The minimum atomic E-state index is 1.05. The molecule has 0 radical (unpaired) electrons. The van der Waals surface area contributed by atoms with Crippen LogP contribution in [-0.4, -0.2) is 34.6 Å². The van der Waals surface area contributed by atoms with Crippen LogP contribution in [0.3, 0.4) is 0 Å². The summed E-state index contributed by atoms with van der Waals surface area (Å²) in [5.74, 6) is 2.50. The highest BCUT2D eigenvalue weighted by molar-refractivity contribution is 7.99. The number of fused-ring (bicyclic) bond motifs is 1. The predicted octanol–water partition coefficient (Wildman–Crippen LogP) is 4.69. The van der Waals surface area contributed by atoms with Gasteiger partial charge < -0.3 is 0 Å². The summed E-state index contributed by atoms with van der Waals surface area (Å²) < 4.78 is 1.44. The largest absolute Gasteiger partial charge is 0.293 e. The molecule has 5 heteroatoms. The lowest BCUT2D eigenvalue weighted by molar-refractivity contribution is 0.361. The van der Waals surface area contributed by atoms with Crippen molar-refractivity contribution in [3.05, 3.63) is 51.3 Å². The molecule has 0 saturated carbocycles. The smallest absolute Gasteiger partial charge is 0.0794 e. The topological polar surface area (TPSA) is 16.1 Å². The number of rotatable bonds is 6. The third-order valence-electron chi connectivity index (χ3n) is 4.38. The maximum atomic E-state index is 4.45. The zero-order chi connectivity index (χ0) is 15.5. The average molecular weight is 361 g/mol. The fraction of sp³-hybridized carbons (Fsp3) is 0.389. The fourth-order valence-corrected chi connectivity index (χ4v) is 5.99. The molecule has 1 saturated heterocycles. The first-order valence-corrected chi connectivity index (χ1v) is 11.0. The van der Waals surface area contributed by atoms with Crippen molar-refractivity contribution in [2.24, 2.45) is 0 Å². The van der Waals surface area contributed by atoms with Crippen LogP contribution in [0.15, 0.2) is 35.2 Å². The van der Waals surface area contributed by atoms with Crippen molar-refractivity contribution in [2.45, 2.75) is 19.3 Å². The number of nitrogens with zero attached hydrogens (tertiary/aromatic N) is 2. The molecule has 1 aromatic carbocycles. The van der Waals surface area contributed by atoms with Crippen LogP contribution in [0.4, 0.5) is 0 Å². The zero-order valence-corrected chi connectivity index (χ0v) is 15.5. The molecule has 0 amide bonds. The summed E-state index contributed by atoms with van der Waals surface area (Å²) in [5, 5.41) is 3.63. The van der Waals surface area contributed by atoms with Crippen molar-refractivity contribution >= 4 is 44.5 Å². The minimum Gasteiger partial charge on any atom is -0.293 e. The minimum absolute atomic E-state index is 1.05. The Morgan fingerprint density at radius 2 is 2.09 bits per heavy atom.